The van der Waals surface area contributed by atoms with E-state index in [2.05, 4.69) is 15.3 Å². The molecule has 24 heavy (non-hydrogen) atoms. The molecule has 6 heteroatoms. The third-order valence-electron chi connectivity index (χ3n) is 3.94. The number of hydrogen-bond acceptors (Lipinski definition) is 5. The Hall–Kier alpha value is -2.73. The number of fused-ring (bicyclic) bond motifs is 3. The van der Waals surface area contributed by atoms with Crippen LogP contribution in [0, 0.1) is 0 Å². The first-order valence-corrected chi connectivity index (χ1v) is 7.85. The number of nitrogens with one attached hydrogen (secondary N) is 1. The number of nitrogens with two attached hydrogens (primary N) is 2. The SMILES string of the molecule is CC(C)(N)CCNc1nc2cc(C(N)=O)ccc2c2cnccc12. The Bertz CT molecular complexity index is 914. The summed E-state index contributed by atoms with van der Waals surface area (Å²) in [5, 5.41) is 6.25. The van der Waals surface area contributed by atoms with Gasteiger partial charge in [0.1, 0.15) is 5.82 Å². The average molecular weight is 323 g/mol. The van der Waals surface area contributed by atoms with E-state index < -0.39 is 5.91 Å². The predicted molar refractivity (Wildman–Crippen MR) is 96.9 cm³/mol. The topological polar surface area (TPSA) is 107 Å². The quantitative estimate of drug-likeness (QED) is 0.625. The highest BCUT2D eigenvalue weighted by atomic mass is 16.1. The number of pyridine rings is 2. The van der Waals surface area contributed by atoms with Crippen LogP contribution in [0.2, 0.25) is 0 Å². The largest absolute Gasteiger partial charge is 0.369 e. The Labute approximate surface area is 140 Å². The minimum atomic E-state index is -0.468. The summed E-state index contributed by atoms with van der Waals surface area (Å²) in [6.45, 7) is 4.68. The fourth-order valence-electron chi connectivity index (χ4n) is 2.64. The van der Waals surface area contributed by atoms with Gasteiger partial charge in [0.05, 0.1) is 5.52 Å². The Balaban J connectivity index is 2.10. The third-order valence-corrected chi connectivity index (χ3v) is 3.94. The predicted octanol–water partition coefficient (Wildman–Crippen LogP) is 2.42. The van der Waals surface area contributed by atoms with E-state index in [0.29, 0.717) is 17.6 Å². The van der Waals surface area contributed by atoms with Crippen LogP contribution in [0.15, 0.2) is 36.7 Å². The van der Waals surface area contributed by atoms with E-state index in [9.17, 15) is 4.79 Å². The molecule has 6 nitrogen and oxygen atoms in total. The van der Waals surface area contributed by atoms with Crippen molar-refractivity contribution in [1.82, 2.24) is 9.97 Å². The second-order valence-electron chi connectivity index (χ2n) is 6.64. The zero-order valence-electron chi connectivity index (χ0n) is 13.8. The smallest absolute Gasteiger partial charge is 0.248 e. The molecule has 0 aliphatic rings. The normalized spacial score (nSPS) is 11.8. The summed E-state index contributed by atoms with van der Waals surface area (Å²) in [5.74, 6) is 0.287. The molecule has 124 valence electrons. The van der Waals surface area contributed by atoms with Crippen LogP contribution in [-0.4, -0.2) is 28.0 Å². The Morgan fingerprint density at radius 1 is 1.21 bits per heavy atom. The van der Waals surface area contributed by atoms with Crippen LogP contribution in [0.3, 0.4) is 0 Å². The van der Waals surface area contributed by atoms with Crippen molar-refractivity contribution in [2.75, 3.05) is 11.9 Å². The van der Waals surface area contributed by atoms with Crippen molar-refractivity contribution in [2.24, 2.45) is 11.5 Å². The molecular formula is C18H21N5O. The number of hydrogen-bond donors (Lipinski definition) is 3. The molecule has 0 saturated carbocycles. The van der Waals surface area contributed by atoms with E-state index >= 15 is 0 Å². The standard InChI is InChI=1S/C18H21N5O/c1-18(2,20)6-8-22-17-13-5-7-21-10-14(13)12-4-3-11(16(19)24)9-15(12)23-17/h3-5,7,9-10H,6,8,20H2,1-2H3,(H2,19,24)(H,22,23). The molecule has 0 bridgehead atoms. The van der Waals surface area contributed by atoms with E-state index in [-0.39, 0.29) is 5.54 Å². The van der Waals surface area contributed by atoms with E-state index in [4.69, 9.17) is 11.5 Å². The summed E-state index contributed by atoms with van der Waals surface area (Å²) < 4.78 is 0. The molecule has 0 atom stereocenters. The maximum atomic E-state index is 11.4. The van der Waals surface area contributed by atoms with Crippen molar-refractivity contribution in [1.29, 1.82) is 0 Å². The molecule has 1 amide bonds. The Morgan fingerprint density at radius 2 is 2.00 bits per heavy atom. The highest BCUT2D eigenvalue weighted by molar-refractivity contribution is 6.11. The number of carbonyl (C=O) groups excluding carboxylic acids is 1. The lowest BCUT2D eigenvalue weighted by Gasteiger charge is -2.19. The summed E-state index contributed by atoms with van der Waals surface area (Å²) in [6, 6.07) is 7.21. The lowest BCUT2D eigenvalue weighted by molar-refractivity contribution is 0.100. The number of primary amides is 1. The fraction of sp³-hybridized carbons (Fsp3) is 0.278. The summed E-state index contributed by atoms with van der Waals surface area (Å²) in [7, 11) is 0. The maximum absolute atomic E-state index is 11.4. The number of amides is 1. The Morgan fingerprint density at radius 3 is 2.71 bits per heavy atom. The number of benzene rings is 1. The van der Waals surface area contributed by atoms with Gasteiger partial charge < -0.3 is 16.8 Å². The number of rotatable bonds is 5. The molecule has 0 aliphatic heterocycles. The lowest BCUT2D eigenvalue weighted by Crippen LogP contribution is -2.34. The van der Waals surface area contributed by atoms with Crippen LogP contribution in [0.25, 0.3) is 21.7 Å². The lowest BCUT2D eigenvalue weighted by atomic mass is 10.0. The van der Waals surface area contributed by atoms with Crippen LogP contribution in [-0.2, 0) is 0 Å². The van der Waals surface area contributed by atoms with Crippen molar-refractivity contribution >= 4 is 33.4 Å². The zero-order valence-corrected chi connectivity index (χ0v) is 13.8. The van der Waals surface area contributed by atoms with Gasteiger partial charge in [0.15, 0.2) is 0 Å². The maximum Gasteiger partial charge on any atom is 0.248 e. The van der Waals surface area contributed by atoms with Gasteiger partial charge in [-0.3, -0.25) is 9.78 Å². The molecule has 1 aromatic carbocycles. The van der Waals surface area contributed by atoms with Crippen LogP contribution >= 0.6 is 0 Å². The molecule has 3 aromatic rings. The molecule has 5 N–H and O–H groups in total. The molecule has 0 fully saturated rings. The average Bonchev–Trinajstić information content (AvgIpc) is 2.53. The summed E-state index contributed by atoms with van der Waals surface area (Å²) in [4.78, 5) is 20.3. The first kappa shape index (κ1) is 16.1. The molecule has 0 aliphatic carbocycles. The minimum absolute atomic E-state index is 0.250. The molecule has 0 saturated heterocycles. The van der Waals surface area contributed by atoms with Gasteiger partial charge in [0.2, 0.25) is 5.91 Å². The van der Waals surface area contributed by atoms with Crippen molar-refractivity contribution in [2.45, 2.75) is 25.8 Å². The van der Waals surface area contributed by atoms with Crippen molar-refractivity contribution in [3.05, 3.63) is 42.2 Å². The molecule has 2 aromatic heterocycles. The van der Waals surface area contributed by atoms with E-state index in [1.54, 1.807) is 24.5 Å². The number of aromatic nitrogens is 2. The molecule has 3 rings (SSSR count). The van der Waals surface area contributed by atoms with Gasteiger partial charge in [-0.05, 0) is 38.5 Å². The zero-order chi connectivity index (χ0) is 17.3. The van der Waals surface area contributed by atoms with E-state index in [0.717, 1.165) is 28.4 Å². The van der Waals surface area contributed by atoms with Gasteiger partial charge in [-0.1, -0.05) is 6.07 Å². The highest BCUT2D eigenvalue weighted by Crippen LogP contribution is 2.29. The van der Waals surface area contributed by atoms with Crippen LogP contribution in [0.5, 0.6) is 0 Å². The molecule has 0 radical (unpaired) electrons. The summed E-state index contributed by atoms with van der Waals surface area (Å²) in [6.07, 6.45) is 4.35. The molecule has 2 heterocycles. The second kappa shape index (κ2) is 6.05. The fourth-order valence-corrected chi connectivity index (χ4v) is 2.64. The van der Waals surface area contributed by atoms with E-state index in [1.807, 2.05) is 26.0 Å². The van der Waals surface area contributed by atoms with Gasteiger partial charge in [0.25, 0.3) is 0 Å². The van der Waals surface area contributed by atoms with Gasteiger partial charge in [-0.25, -0.2) is 4.98 Å². The number of carbonyl (C=O) groups is 1. The van der Waals surface area contributed by atoms with Crippen molar-refractivity contribution in [3.8, 4) is 0 Å². The molecule has 0 unspecified atom stereocenters. The molecular weight excluding hydrogens is 302 g/mol. The minimum Gasteiger partial charge on any atom is -0.369 e. The number of anilines is 1. The van der Waals surface area contributed by atoms with Crippen LogP contribution in [0.4, 0.5) is 5.82 Å². The van der Waals surface area contributed by atoms with Gasteiger partial charge >= 0.3 is 0 Å². The van der Waals surface area contributed by atoms with Gasteiger partial charge in [0, 0.05) is 46.2 Å². The van der Waals surface area contributed by atoms with Crippen LogP contribution < -0.4 is 16.8 Å². The van der Waals surface area contributed by atoms with E-state index in [1.165, 1.54) is 0 Å². The van der Waals surface area contributed by atoms with Crippen LogP contribution in [0.1, 0.15) is 30.6 Å². The third kappa shape index (κ3) is 3.28. The van der Waals surface area contributed by atoms with Gasteiger partial charge in [-0.2, -0.15) is 0 Å². The Kier molecular flexibility index (Phi) is 4.07. The second-order valence-corrected chi connectivity index (χ2v) is 6.64. The monoisotopic (exact) mass is 323 g/mol. The first-order valence-electron chi connectivity index (χ1n) is 7.85. The molecule has 0 spiro atoms. The summed E-state index contributed by atoms with van der Waals surface area (Å²) >= 11 is 0. The first-order chi connectivity index (χ1) is 11.3. The summed E-state index contributed by atoms with van der Waals surface area (Å²) in [5.41, 5.74) is 12.3. The van der Waals surface area contributed by atoms with Crippen molar-refractivity contribution in [3.63, 3.8) is 0 Å². The number of nitrogens with zero attached hydrogens (tertiary/aromatic N) is 2. The highest BCUT2D eigenvalue weighted by Gasteiger charge is 2.13. The van der Waals surface area contributed by atoms with Gasteiger partial charge in [-0.15, -0.1) is 0 Å². The van der Waals surface area contributed by atoms with Crippen molar-refractivity contribution < 1.29 is 4.79 Å².